The number of amides is 1. The summed E-state index contributed by atoms with van der Waals surface area (Å²) in [5.74, 6) is -2.61. The topological polar surface area (TPSA) is 128 Å². The van der Waals surface area contributed by atoms with E-state index < -0.39 is 33.8 Å². The number of benzene rings is 2. The zero-order valence-electron chi connectivity index (χ0n) is 18.0. The Labute approximate surface area is 227 Å². The molecular weight excluding hydrogens is 643 g/mol. The Bertz CT molecular complexity index is 1450. The Morgan fingerprint density at radius 2 is 1.97 bits per heavy atom. The predicted octanol–water partition coefficient (Wildman–Crippen LogP) is 4.24. The van der Waals surface area contributed by atoms with Gasteiger partial charge in [0.2, 0.25) is 0 Å². The Balaban J connectivity index is 1.59. The molecule has 0 spiro atoms. The van der Waals surface area contributed by atoms with E-state index in [2.05, 4.69) is 46.6 Å². The van der Waals surface area contributed by atoms with Gasteiger partial charge in [0.15, 0.2) is 0 Å². The van der Waals surface area contributed by atoms with Crippen molar-refractivity contribution in [2.45, 2.75) is 12.5 Å². The van der Waals surface area contributed by atoms with Crippen LogP contribution in [0.4, 0.5) is 10.1 Å². The summed E-state index contributed by atoms with van der Waals surface area (Å²) in [5, 5.41) is 12.1. The van der Waals surface area contributed by atoms with Gasteiger partial charge in [-0.2, -0.15) is 0 Å². The van der Waals surface area contributed by atoms with Crippen LogP contribution in [-0.4, -0.2) is 35.7 Å². The molecule has 2 heterocycles. The lowest BCUT2D eigenvalue weighted by molar-refractivity contribution is -0.139. The molecule has 2 aliphatic rings. The summed E-state index contributed by atoms with van der Waals surface area (Å²) in [7, 11) is -4.13. The maximum Gasteiger partial charge on any atom is 0.326 e. The van der Waals surface area contributed by atoms with Gasteiger partial charge >= 0.3 is 5.97 Å². The van der Waals surface area contributed by atoms with E-state index in [1.54, 1.807) is 22.8 Å². The summed E-state index contributed by atoms with van der Waals surface area (Å²) < 4.78 is 47.6. The highest BCUT2D eigenvalue weighted by Gasteiger charge is 2.31. The number of carbonyl (C=O) groups excluding carboxylic acids is 1. The molecule has 1 atom stereocenters. The maximum atomic E-state index is 13.5. The monoisotopic (exact) mass is 658 g/mol. The summed E-state index contributed by atoms with van der Waals surface area (Å²) in [6, 6.07) is 6.99. The number of anilines is 1. The first-order chi connectivity index (χ1) is 17.0. The van der Waals surface area contributed by atoms with E-state index in [0.717, 1.165) is 0 Å². The van der Waals surface area contributed by atoms with Gasteiger partial charge in [0.1, 0.15) is 16.8 Å². The Hall–Kier alpha value is -2.81. The molecule has 188 valence electrons. The van der Waals surface area contributed by atoms with E-state index in [1.165, 1.54) is 54.6 Å². The highest BCUT2D eigenvalue weighted by Crippen LogP contribution is 2.34. The molecule has 0 unspecified atom stereocenters. The first-order valence-corrected chi connectivity index (χ1v) is 14.0. The van der Waals surface area contributed by atoms with Crippen molar-refractivity contribution >= 4 is 71.6 Å². The average Bonchev–Trinajstić information content (AvgIpc) is 3.29. The first-order valence-electron chi connectivity index (χ1n) is 10.2. The second kappa shape index (κ2) is 10.7. The lowest BCUT2D eigenvalue weighted by Gasteiger charge is -2.21. The number of sulfonamides is 1. The maximum absolute atomic E-state index is 13.5. The standard InChI is InChI=1S/C22H17Br2FN4O5S2/c23-13-4-5-14(21(30)27-18(22(31)32)9-12-3-6-16(25)15(24)8-12)17(10-13)28-36(33,34)20-2-1-7-29-19(20)11-26-35-29/h1-8,10-11,18,26,28H,9H2,(H,27,30)(H,31,32)/t18-/m0/s1. The minimum atomic E-state index is -4.13. The van der Waals surface area contributed by atoms with Crippen LogP contribution in [0, 0.1) is 5.82 Å². The summed E-state index contributed by atoms with van der Waals surface area (Å²) >= 11 is 7.52. The van der Waals surface area contributed by atoms with Gasteiger partial charge in [-0.3, -0.25) is 13.8 Å². The SMILES string of the molecule is O=C(N[C@@H](Cc1ccc(F)c(Br)c1)C(=O)O)c1ccc(Br)cc1NS(=O)(=O)C1=CC=CN2SNC=C12. The highest BCUT2D eigenvalue weighted by atomic mass is 79.9. The fourth-order valence-electron chi connectivity index (χ4n) is 3.40. The molecule has 4 N–H and O–H groups in total. The second-order valence-electron chi connectivity index (χ2n) is 7.55. The third kappa shape index (κ3) is 5.77. The van der Waals surface area contributed by atoms with E-state index in [0.29, 0.717) is 15.7 Å². The van der Waals surface area contributed by atoms with Gasteiger partial charge in [-0.1, -0.05) is 22.0 Å². The molecule has 0 radical (unpaired) electrons. The molecular formula is C22H17Br2FN4O5S2. The molecule has 14 heteroatoms. The fourth-order valence-corrected chi connectivity index (χ4v) is 6.16. The normalized spacial score (nSPS) is 15.4. The number of rotatable bonds is 8. The van der Waals surface area contributed by atoms with Gasteiger partial charge in [0.25, 0.3) is 15.9 Å². The van der Waals surface area contributed by atoms with Gasteiger partial charge in [0, 0.05) is 23.3 Å². The van der Waals surface area contributed by atoms with Crippen LogP contribution in [0.1, 0.15) is 15.9 Å². The molecule has 4 rings (SSSR count). The van der Waals surface area contributed by atoms with Crippen molar-refractivity contribution in [1.82, 2.24) is 14.3 Å². The molecule has 0 aliphatic carbocycles. The van der Waals surface area contributed by atoms with Crippen LogP contribution in [0.2, 0.25) is 0 Å². The second-order valence-corrected chi connectivity index (χ2v) is 11.8. The molecule has 0 aromatic heterocycles. The van der Waals surface area contributed by atoms with Crippen LogP contribution in [0.5, 0.6) is 0 Å². The number of carboxylic acid groups (broad SMARTS) is 1. The minimum Gasteiger partial charge on any atom is -0.480 e. The summed E-state index contributed by atoms with van der Waals surface area (Å²) in [6.07, 6.45) is 6.12. The Kier molecular flexibility index (Phi) is 7.78. The molecule has 9 nitrogen and oxygen atoms in total. The van der Waals surface area contributed by atoms with E-state index in [1.807, 2.05) is 0 Å². The van der Waals surface area contributed by atoms with E-state index in [4.69, 9.17) is 0 Å². The smallest absolute Gasteiger partial charge is 0.326 e. The lowest BCUT2D eigenvalue weighted by atomic mass is 10.0. The Morgan fingerprint density at radius 1 is 1.19 bits per heavy atom. The number of aliphatic carboxylic acids is 1. The number of carbonyl (C=O) groups is 2. The molecule has 0 saturated carbocycles. The number of carboxylic acids is 1. The molecule has 0 bridgehead atoms. The van der Waals surface area contributed by atoms with Crippen LogP contribution in [0.15, 0.2) is 80.5 Å². The van der Waals surface area contributed by atoms with Gasteiger partial charge in [-0.15, -0.1) is 0 Å². The van der Waals surface area contributed by atoms with E-state index in [-0.39, 0.29) is 27.0 Å². The summed E-state index contributed by atoms with van der Waals surface area (Å²) in [4.78, 5) is 24.9. The molecule has 2 aromatic carbocycles. The fraction of sp³-hybridized carbons (Fsp3) is 0.0909. The Morgan fingerprint density at radius 3 is 2.69 bits per heavy atom. The summed E-state index contributed by atoms with van der Waals surface area (Å²) in [6.45, 7) is 0. The molecule has 1 amide bonds. The van der Waals surface area contributed by atoms with Gasteiger partial charge in [-0.25, -0.2) is 17.6 Å². The number of hydrogen-bond donors (Lipinski definition) is 4. The first kappa shape index (κ1) is 26.3. The molecule has 2 aromatic rings. The van der Waals surface area contributed by atoms with Crippen molar-refractivity contribution in [3.8, 4) is 0 Å². The third-order valence-electron chi connectivity index (χ3n) is 5.09. The number of allylic oxidation sites excluding steroid dienone is 2. The van der Waals surface area contributed by atoms with Gasteiger partial charge in [0.05, 0.1) is 33.6 Å². The van der Waals surface area contributed by atoms with Crippen molar-refractivity contribution in [3.63, 3.8) is 0 Å². The minimum absolute atomic E-state index is 0.0147. The molecule has 0 fully saturated rings. The number of halogens is 3. The molecule has 2 aliphatic heterocycles. The van der Waals surface area contributed by atoms with E-state index >= 15 is 0 Å². The predicted molar refractivity (Wildman–Crippen MR) is 141 cm³/mol. The number of nitrogens with one attached hydrogen (secondary N) is 3. The van der Waals surface area contributed by atoms with E-state index in [9.17, 15) is 27.5 Å². The third-order valence-corrected chi connectivity index (χ3v) is 8.35. The zero-order chi connectivity index (χ0) is 26.0. The van der Waals surface area contributed by atoms with Crippen molar-refractivity contribution in [2.24, 2.45) is 0 Å². The van der Waals surface area contributed by atoms with Crippen LogP contribution in [0.3, 0.4) is 0 Å². The highest BCUT2D eigenvalue weighted by molar-refractivity contribution is 9.10. The molecule has 36 heavy (non-hydrogen) atoms. The summed E-state index contributed by atoms with van der Waals surface area (Å²) in [5.41, 5.74) is 0.764. The van der Waals surface area contributed by atoms with Crippen molar-refractivity contribution < 1.29 is 27.5 Å². The van der Waals surface area contributed by atoms with Gasteiger partial charge < -0.3 is 15.1 Å². The van der Waals surface area contributed by atoms with Gasteiger partial charge in [-0.05, 0) is 64.0 Å². The largest absolute Gasteiger partial charge is 0.480 e. The number of nitrogens with zero attached hydrogens (tertiary/aromatic N) is 1. The molecule has 0 saturated heterocycles. The number of hydrogen-bond acceptors (Lipinski definition) is 7. The van der Waals surface area contributed by atoms with Crippen LogP contribution >= 0.6 is 44.0 Å². The lowest BCUT2D eigenvalue weighted by Crippen LogP contribution is -2.42. The van der Waals surface area contributed by atoms with Crippen LogP contribution in [0.25, 0.3) is 0 Å². The quantitative estimate of drug-likeness (QED) is 0.310. The number of fused-ring (bicyclic) bond motifs is 1. The van der Waals surface area contributed by atoms with Crippen molar-refractivity contribution in [1.29, 1.82) is 0 Å². The average molecular weight is 660 g/mol. The van der Waals surface area contributed by atoms with Crippen LogP contribution < -0.4 is 14.8 Å². The van der Waals surface area contributed by atoms with Crippen LogP contribution in [-0.2, 0) is 21.2 Å². The van der Waals surface area contributed by atoms with Crippen molar-refractivity contribution in [3.05, 3.63) is 97.4 Å². The van der Waals surface area contributed by atoms with Crippen molar-refractivity contribution in [2.75, 3.05) is 4.72 Å². The zero-order valence-corrected chi connectivity index (χ0v) is 22.8.